The molecule has 1 heterocycles. The fourth-order valence-electron chi connectivity index (χ4n) is 2.44. The van der Waals surface area contributed by atoms with Crippen molar-refractivity contribution in [3.05, 3.63) is 29.8 Å². The van der Waals surface area contributed by atoms with E-state index in [-0.39, 0.29) is 5.60 Å². The minimum atomic E-state index is -0.183. The smallest absolute Gasteiger partial charge is 0.124 e. The maximum atomic E-state index is 5.79. The molecule has 0 bridgehead atoms. The molecule has 0 unspecified atom stereocenters. The minimum absolute atomic E-state index is 0.183. The zero-order valence-electron chi connectivity index (χ0n) is 9.95. The van der Waals surface area contributed by atoms with Gasteiger partial charge in [0.2, 0.25) is 0 Å². The zero-order chi connectivity index (χ0) is 11.4. The van der Waals surface area contributed by atoms with Gasteiger partial charge in [0.15, 0.2) is 0 Å². The summed E-state index contributed by atoms with van der Waals surface area (Å²) in [6.45, 7) is 1.98. The van der Waals surface area contributed by atoms with Crippen LogP contribution in [0, 0.1) is 0 Å². The first-order chi connectivity index (χ1) is 7.82. The Labute approximate surface area is 96.8 Å². The molecule has 0 amide bonds. The highest BCUT2D eigenvalue weighted by Crippen LogP contribution is 2.39. The summed E-state index contributed by atoms with van der Waals surface area (Å²) in [4.78, 5) is 0. The summed E-state index contributed by atoms with van der Waals surface area (Å²) >= 11 is 0. The van der Waals surface area contributed by atoms with E-state index in [1.54, 1.807) is 14.2 Å². The largest absolute Gasteiger partial charge is 0.496 e. The zero-order valence-corrected chi connectivity index (χ0v) is 9.95. The van der Waals surface area contributed by atoms with Crippen molar-refractivity contribution in [3.8, 4) is 5.75 Å². The van der Waals surface area contributed by atoms with Crippen LogP contribution in [0.2, 0.25) is 0 Å². The Kier molecular flexibility index (Phi) is 3.46. The number of ether oxygens (including phenoxy) is 2. The molecule has 1 aliphatic heterocycles. The highest BCUT2D eigenvalue weighted by molar-refractivity contribution is 5.38. The fraction of sp³-hybridized carbons (Fsp3) is 0.538. The van der Waals surface area contributed by atoms with Crippen LogP contribution in [0.25, 0.3) is 0 Å². The van der Waals surface area contributed by atoms with Gasteiger partial charge in [0.1, 0.15) is 5.75 Å². The molecule has 1 fully saturated rings. The normalized spacial score (nSPS) is 19.4. The monoisotopic (exact) mass is 221 g/mol. The van der Waals surface area contributed by atoms with Gasteiger partial charge in [-0.15, -0.1) is 0 Å². The second-order valence-electron chi connectivity index (χ2n) is 4.15. The van der Waals surface area contributed by atoms with Crippen molar-refractivity contribution in [2.45, 2.75) is 18.4 Å². The summed E-state index contributed by atoms with van der Waals surface area (Å²) in [5.74, 6) is 0.922. The molecule has 3 heteroatoms. The molecule has 1 aliphatic rings. The molecule has 2 rings (SSSR count). The maximum Gasteiger partial charge on any atom is 0.124 e. The Morgan fingerprint density at radius 1 is 1.12 bits per heavy atom. The second kappa shape index (κ2) is 4.85. The van der Waals surface area contributed by atoms with Crippen LogP contribution in [0.4, 0.5) is 0 Å². The Morgan fingerprint density at radius 3 is 2.44 bits per heavy atom. The summed E-state index contributed by atoms with van der Waals surface area (Å²) in [6.07, 6.45) is 1.98. The average molecular weight is 221 g/mol. The molecule has 1 N–H and O–H groups in total. The number of nitrogens with one attached hydrogen (secondary N) is 1. The molecular weight excluding hydrogens is 202 g/mol. The van der Waals surface area contributed by atoms with Crippen LogP contribution >= 0.6 is 0 Å². The first-order valence-corrected chi connectivity index (χ1v) is 5.72. The topological polar surface area (TPSA) is 30.5 Å². The lowest BCUT2D eigenvalue weighted by Gasteiger charge is -2.37. The molecule has 0 saturated carbocycles. The highest BCUT2D eigenvalue weighted by atomic mass is 16.5. The molecular formula is C13H19NO2. The van der Waals surface area contributed by atoms with Gasteiger partial charge in [-0.05, 0) is 32.0 Å². The summed E-state index contributed by atoms with van der Waals surface area (Å²) < 4.78 is 11.2. The van der Waals surface area contributed by atoms with Gasteiger partial charge in [-0.2, -0.15) is 0 Å². The van der Waals surface area contributed by atoms with E-state index >= 15 is 0 Å². The molecule has 16 heavy (non-hydrogen) atoms. The summed E-state index contributed by atoms with van der Waals surface area (Å²) in [5, 5.41) is 3.36. The number of hydrogen-bond acceptors (Lipinski definition) is 3. The molecule has 0 spiro atoms. The Hall–Kier alpha value is -1.06. The summed E-state index contributed by atoms with van der Waals surface area (Å²) in [7, 11) is 3.50. The van der Waals surface area contributed by atoms with E-state index in [2.05, 4.69) is 11.4 Å². The van der Waals surface area contributed by atoms with E-state index in [1.807, 2.05) is 18.2 Å². The van der Waals surface area contributed by atoms with Crippen LogP contribution in [-0.4, -0.2) is 27.3 Å². The first kappa shape index (κ1) is 11.4. The first-order valence-electron chi connectivity index (χ1n) is 5.72. The minimum Gasteiger partial charge on any atom is -0.496 e. The van der Waals surface area contributed by atoms with E-state index < -0.39 is 0 Å². The molecule has 1 saturated heterocycles. The van der Waals surface area contributed by atoms with Crippen LogP contribution in [0.1, 0.15) is 18.4 Å². The van der Waals surface area contributed by atoms with Gasteiger partial charge in [0, 0.05) is 12.7 Å². The van der Waals surface area contributed by atoms with Gasteiger partial charge >= 0.3 is 0 Å². The van der Waals surface area contributed by atoms with Gasteiger partial charge in [0.25, 0.3) is 0 Å². The summed E-state index contributed by atoms with van der Waals surface area (Å²) in [5.41, 5.74) is 0.985. The lowest BCUT2D eigenvalue weighted by Crippen LogP contribution is -2.41. The molecule has 0 atom stereocenters. The Bertz CT molecular complexity index is 346. The van der Waals surface area contributed by atoms with E-state index in [0.717, 1.165) is 31.7 Å². The third-order valence-electron chi connectivity index (χ3n) is 3.40. The number of hydrogen-bond donors (Lipinski definition) is 1. The van der Waals surface area contributed by atoms with Crippen LogP contribution in [0.5, 0.6) is 5.75 Å². The molecule has 88 valence electrons. The summed E-state index contributed by atoms with van der Waals surface area (Å²) in [6, 6.07) is 8.14. The number of para-hydroxylation sites is 1. The number of rotatable bonds is 3. The molecule has 1 aromatic carbocycles. The van der Waals surface area contributed by atoms with Crippen molar-refractivity contribution >= 4 is 0 Å². The van der Waals surface area contributed by atoms with Gasteiger partial charge < -0.3 is 14.8 Å². The quantitative estimate of drug-likeness (QED) is 0.846. The van der Waals surface area contributed by atoms with Crippen LogP contribution < -0.4 is 10.1 Å². The van der Waals surface area contributed by atoms with Crippen molar-refractivity contribution in [3.63, 3.8) is 0 Å². The van der Waals surface area contributed by atoms with E-state index in [0.29, 0.717) is 0 Å². The molecule has 1 aromatic rings. The number of methoxy groups -OCH3 is 2. The molecule has 0 aliphatic carbocycles. The van der Waals surface area contributed by atoms with E-state index in [1.165, 1.54) is 5.56 Å². The standard InChI is InChI=1S/C13H19NO2/c1-15-12-6-4-3-5-11(12)13(16-2)7-9-14-10-8-13/h3-6,14H,7-10H2,1-2H3. The maximum absolute atomic E-state index is 5.79. The predicted octanol–water partition coefficient (Wildman–Crippen LogP) is 1.92. The predicted molar refractivity (Wildman–Crippen MR) is 63.8 cm³/mol. The molecule has 0 radical (unpaired) electrons. The number of benzene rings is 1. The van der Waals surface area contributed by atoms with Crippen molar-refractivity contribution in [2.75, 3.05) is 27.3 Å². The van der Waals surface area contributed by atoms with Crippen molar-refractivity contribution < 1.29 is 9.47 Å². The lowest BCUT2D eigenvalue weighted by molar-refractivity contribution is -0.0406. The van der Waals surface area contributed by atoms with Gasteiger partial charge in [-0.3, -0.25) is 0 Å². The van der Waals surface area contributed by atoms with Crippen molar-refractivity contribution in [1.29, 1.82) is 0 Å². The average Bonchev–Trinajstić information content (AvgIpc) is 2.39. The van der Waals surface area contributed by atoms with Crippen molar-refractivity contribution in [2.24, 2.45) is 0 Å². The van der Waals surface area contributed by atoms with Crippen LogP contribution in [0.15, 0.2) is 24.3 Å². The van der Waals surface area contributed by atoms with E-state index in [9.17, 15) is 0 Å². The Balaban J connectivity index is 2.38. The Morgan fingerprint density at radius 2 is 1.81 bits per heavy atom. The molecule has 3 nitrogen and oxygen atoms in total. The lowest BCUT2D eigenvalue weighted by atomic mass is 9.84. The van der Waals surface area contributed by atoms with Crippen molar-refractivity contribution in [1.82, 2.24) is 5.32 Å². The third-order valence-corrected chi connectivity index (χ3v) is 3.40. The molecule has 0 aromatic heterocycles. The van der Waals surface area contributed by atoms with Crippen LogP contribution in [-0.2, 0) is 10.3 Å². The number of piperidine rings is 1. The van der Waals surface area contributed by atoms with E-state index in [4.69, 9.17) is 9.47 Å². The highest BCUT2D eigenvalue weighted by Gasteiger charge is 2.35. The van der Waals surface area contributed by atoms with Gasteiger partial charge in [-0.25, -0.2) is 0 Å². The second-order valence-corrected chi connectivity index (χ2v) is 4.15. The fourth-order valence-corrected chi connectivity index (χ4v) is 2.44. The SMILES string of the molecule is COc1ccccc1C1(OC)CCNCC1. The van der Waals surface area contributed by atoms with Gasteiger partial charge in [0.05, 0.1) is 12.7 Å². The van der Waals surface area contributed by atoms with Gasteiger partial charge in [-0.1, -0.05) is 18.2 Å². The third kappa shape index (κ3) is 1.93. The van der Waals surface area contributed by atoms with Crippen LogP contribution in [0.3, 0.4) is 0 Å².